The van der Waals surface area contributed by atoms with E-state index in [4.69, 9.17) is 0 Å². The van der Waals surface area contributed by atoms with Gasteiger partial charge in [0.05, 0.1) is 11.4 Å². The summed E-state index contributed by atoms with van der Waals surface area (Å²) in [6.45, 7) is 12.7. The fourth-order valence-electron chi connectivity index (χ4n) is 2.99. The van der Waals surface area contributed by atoms with Crippen molar-refractivity contribution in [1.29, 1.82) is 0 Å². The SMILES string of the molecule is CC(C)c1cc(C(C)C)c(S(=O)(=O)NCc2cccc[nH+]2)c(C(C)C)c1. The van der Waals surface area contributed by atoms with Gasteiger partial charge < -0.3 is 0 Å². The molecule has 1 aromatic carbocycles. The Morgan fingerprint density at radius 1 is 0.923 bits per heavy atom. The fourth-order valence-corrected chi connectivity index (χ4v) is 4.69. The molecule has 5 heteroatoms. The van der Waals surface area contributed by atoms with Crippen molar-refractivity contribution in [3.63, 3.8) is 0 Å². The second-order valence-electron chi connectivity index (χ2n) is 7.70. The van der Waals surface area contributed by atoms with Crippen LogP contribution in [0, 0.1) is 0 Å². The van der Waals surface area contributed by atoms with E-state index >= 15 is 0 Å². The molecular weight excluding hydrogens is 344 g/mol. The molecule has 2 aromatic rings. The first kappa shape index (κ1) is 20.6. The summed E-state index contributed by atoms with van der Waals surface area (Å²) in [7, 11) is -3.62. The molecule has 1 heterocycles. The number of aromatic amines is 1. The summed E-state index contributed by atoms with van der Waals surface area (Å²) in [6, 6.07) is 9.75. The maximum absolute atomic E-state index is 13.2. The second-order valence-corrected chi connectivity index (χ2v) is 9.41. The number of hydrogen-bond acceptors (Lipinski definition) is 2. The van der Waals surface area contributed by atoms with Crippen LogP contribution < -0.4 is 9.71 Å². The third-order valence-corrected chi connectivity index (χ3v) is 6.11. The normalized spacial score (nSPS) is 12.3. The molecule has 0 aliphatic heterocycles. The lowest BCUT2D eigenvalue weighted by atomic mass is 9.89. The number of H-pyrrole nitrogens is 1. The maximum Gasteiger partial charge on any atom is 0.241 e. The number of nitrogens with one attached hydrogen (secondary N) is 2. The van der Waals surface area contributed by atoms with Crippen LogP contribution in [0.1, 0.15) is 81.7 Å². The molecule has 142 valence electrons. The van der Waals surface area contributed by atoms with Crippen molar-refractivity contribution in [1.82, 2.24) is 4.72 Å². The van der Waals surface area contributed by atoms with Crippen molar-refractivity contribution in [2.75, 3.05) is 0 Å². The molecule has 2 rings (SSSR count). The number of rotatable bonds is 7. The van der Waals surface area contributed by atoms with Gasteiger partial charge in [-0.05, 0) is 34.4 Å². The Morgan fingerprint density at radius 2 is 1.50 bits per heavy atom. The molecule has 0 atom stereocenters. The van der Waals surface area contributed by atoms with Gasteiger partial charge in [-0.25, -0.2) is 18.1 Å². The maximum atomic E-state index is 13.2. The average molecular weight is 376 g/mol. The molecule has 0 amide bonds. The predicted octanol–water partition coefficient (Wildman–Crippen LogP) is 4.35. The Hall–Kier alpha value is -1.72. The molecule has 0 fully saturated rings. The molecule has 0 bridgehead atoms. The lowest BCUT2D eigenvalue weighted by Crippen LogP contribution is -2.29. The van der Waals surface area contributed by atoms with Gasteiger partial charge in [-0.3, -0.25) is 0 Å². The van der Waals surface area contributed by atoms with Crippen LogP contribution in [0.25, 0.3) is 0 Å². The van der Waals surface area contributed by atoms with E-state index in [0.29, 0.717) is 10.8 Å². The Bertz CT molecular complexity index is 813. The highest BCUT2D eigenvalue weighted by atomic mass is 32.2. The van der Waals surface area contributed by atoms with Crippen LogP contribution in [0.5, 0.6) is 0 Å². The minimum Gasteiger partial charge on any atom is -0.214 e. The quantitative estimate of drug-likeness (QED) is 0.782. The van der Waals surface area contributed by atoms with Gasteiger partial charge in [0.25, 0.3) is 0 Å². The summed E-state index contributed by atoms with van der Waals surface area (Å²) in [5.41, 5.74) is 3.80. The van der Waals surface area contributed by atoms with Gasteiger partial charge in [0.1, 0.15) is 0 Å². The van der Waals surface area contributed by atoms with Crippen molar-refractivity contribution >= 4 is 10.0 Å². The van der Waals surface area contributed by atoms with Gasteiger partial charge in [-0.1, -0.05) is 59.7 Å². The molecule has 26 heavy (non-hydrogen) atoms. The predicted molar refractivity (Wildman–Crippen MR) is 106 cm³/mol. The highest BCUT2D eigenvalue weighted by Crippen LogP contribution is 2.35. The second kappa shape index (κ2) is 8.31. The van der Waals surface area contributed by atoms with Crippen molar-refractivity contribution in [3.05, 3.63) is 58.9 Å². The number of pyridine rings is 1. The standard InChI is InChI=1S/C21H30N2O2S/c1-14(2)17-11-19(15(3)4)21(20(12-17)16(5)6)26(24,25)23-13-18-9-7-8-10-22-18/h7-12,14-16,23H,13H2,1-6H3/p+1. The Balaban J connectivity index is 2.54. The molecule has 0 aliphatic carbocycles. The Kier molecular flexibility index (Phi) is 6.58. The zero-order chi connectivity index (χ0) is 19.5. The molecular formula is C21H31N2O2S+. The molecule has 0 spiro atoms. The smallest absolute Gasteiger partial charge is 0.214 e. The highest BCUT2D eigenvalue weighted by molar-refractivity contribution is 7.89. The van der Waals surface area contributed by atoms with Crippen LogP contribution in [0.15, 0.2) is 41.4 Å². The topological polar surface area (TPSA) is 60.3 Å². The van der Waals surface area contributed by atoms with Crippen molar-refractivity contribution in [2.45, 2.75) is 70.7 Å². The fraction of sp³-hybridized carbons (Fsp3) is 0.476. The lowest BCUT2D eigenvalue weighted by Gasteiger charge is -2.22. The van der Waals surface area contributed by atoms with E-state index in [2.05, 4.69) is 35.7 Å². The van der Waals surface area contributed by atoms with E-state index in [1.807, 2.05) is 45.9 Å². The first-order valence-electron chi connectivity index (χ1n) is 9.26. The summed E-state index contributed by atoms with van der Waals surface area (Å²) in [4.78, 5) is 3.51. The molecule has 0 saturated carbocycles. The molecule has 0 aliphatic rings. The van der Waals surface area contributed by atoms with Crippen molar-refractivity contribution in [2.24, 2.45) is 0 Å². The summed E-state index contributed by atoms with van der Waals surface area (Å²) >= 11 is 0. The van der Waals surface area contributed by atoms with Gasteiger partial charge in [0.15, 0.2) is 11.9 Å². The van der Waals surface area contributed by atoms with Crippen molar-refractivity contribution < 1.29 is 13.4 Å². The Labute approximate surface area is 158 Å². The minimum absolute atomic E-state index is 0.126. The van der Waals surface area contributed by atoms with E-state index < -0.39 is 10.0 Å². The summed E-state index contributed by atoms with van der Waals surface area (Å²) in [5.74, 6) is 0.607. The first-order valence-corrected chi connectivity index (χ1v) is 10.7. The number of benzene rings is 1. The van der Waals surface area contributed by atoms with E-state index in [0.717, 1.165) is 16.8 Å². The average Bonchev–Trinajstić information content (AvgIpc) is 2.59. The third kappa shape index (κ3) is 4.71. The molecule has 1 aromatic heterocycles. The zero-order valence-electron chi connectivity index (χ0n) is 16.6. The van der Waals surface area contributed by atoms with Crippen LogP contribution in [-0.4, -0.2) is 8.42 Å². The minimum atomic E-state index is -3.62. The lowest BCUT2D eigenvalue weighted by molar-refractivity contribution is -0.390. The molecule has 2 N–H and O–H groups in total. The van der Waals surface area contributed by atoms with Crippen LogP contribution in [-0.2, 0) is 16.6 Å². The molecule has 0 saturated heterocycles. The van der Waals surface area contributed by atoms with Gasteiger partial charge >= 0.3 is 0 Å². The van der Waals surface area contributed by atoms with Crippen LogP contribution in [0.4, 0.5) is 0 Å². The summed E-state index contributed by atoms with van der Waals surface area (Å²) in [6.07, 6.45) is 1.79. The van der Waals surface area contributed by atoms with Gasteiger partial charge in [0, 0.05) is 12.1 Å². The number of aromatic nitrogens is 1. The van der Waals surface area contributed by atoms with Crippen LogP contribution in [0.3, 0.4) is 0 Å². The van der Waals surface area contributed by atoms with Gasteiger partial charge in [-0.2, -0.15) is 0 Å². The molecule has 0 radical (unpaired) electrons. The largest absolute Gasteiger partial charge is 0.241 e. The zero-order valence-corrected chi connectivity index (χ0v) is 17.4. The number of sulfonamides is 1. The molecule has 4 nitrogen and oxygen atoms in total. The first-order chi connectivity index (χ1) is 12.1. The Morgan fingerprint density at radius 3 is 1.92 bits per heavy atom. The van der Waals surface area contributed by atoms with Crippen molar-refractivity contribution in [3.8, 4) is 0 Å². The van der Waals surface area contributed by atoms with Gasteiger partial charge in [0.2, 0.25) is 10.0 Å². The highest BCUT2D eigenvalue weighted by Gasteiger charge is 2.27. The van der Waals surface area contributed by atoms with Crippen LogP contribution >= 0.6 is 0 Å². The van der Waals surface area contributed by atoms with E-state index in [-0.39, 0.29) is 18.4 Å². The van der Waals surface area contributed by atoms with E-state index in [1.165, 1.54) is 5.56 Å². The van der Waals surface area contributed by atoms with E-state index in [9.17, 15) is 8.42 Å². The monoisotopic (exact) mass is 375 g/mol. The third-order valence-electron chi connectivity index (χ3n) is 4.57. The van der Waals surface area contributed by atoms with Crippen LogP contribution in [0.2, 0.25) is 0 Å². The number of hydrogen-bond donors (Lipinski definition) is 1. The van der Waals surface area contributed by atoms with Gasteiger partial charge in [-0.15, -0.1) is 0 Å². The molecule has 0 unspecified atom stereocenters. The summed E-state index contributed by atoms with van der Waals surface area (Å²) in [5, 5.41) is 0. The van der Waals surface area contributed by atoms with E-state index in [1.54, 1.807) is 6.20 Å². The summed E-state index contributed by atoms with van der Waals surface area (Å²) < 4.78 is 29.2.